The van der Waals surface area contributed by atoms with E-state index in [2.05, 4.69) is 9.98 Å². The van der Waals surface area contributed by atoms with E-state index in [4.69, 9.17) is 0 Å². The lowest BCUT2D eigenvalue weighted by Gasteiger charge is -2.30. The maximum Gasteiger partial charge on any atom is 0.211 e. The number of carbonyl (C=O) groups excluding carboxylic acids is 2. The first-order valence-electron chi connectivity index (χ1n) is 8.27. The third-order valence-electron chi connectivity index (χ3n) is 4.61. The van der Waals surface area contributed by atoms with E-state index in [1.807, 2.05) is 4.90 Å². The molecule has 1 unspecified atom stereocenters. The third-order valence-corrected chi connectivity index (χ3v) is 4.61. The zero-order chi connectivity index (χ0) is 17.4. The predicted molar refractivity (Wildman–Crippen MR) is 91.0 cm³/mol. The van der Waals surface area contributed by atoms with Crippen LogP contribution in [0.4, 0.5) is 10.1 Å². The van der Waals surface area contributed by atoms with Crippen molar-refractivity contribution in [1.29, 1.82) is 0 Å². The summed E-state index contributed by atoms with van der Waals surface area (Å²) >= 11 is 0. The summed E-state index contributed by atoms with van der Waals surface area (Å²) in [7, 11) is 0. The Morgan fingerprint density at radius 1 is 1.08 bits per heavy atom. The summed E-state index contributed by atoms with van der Waals surface area (Å²) in [6.45, 7) is 1.49. The van der Waals surface area contributed by atoms with Gasteiger partial charge in [0.1, 0.15) is 23.3 Å². The Balaban J connectivity index is 1.84. The largest absolute Gasteiger partial charge is 0.290 e. The van der Waals surface area contributed by atoms with Gasteiger partial charge in [0, 0.05) is 6.20 Å². The van der Waals surface area contributed by atoms with E-state index in [9.17, 15) is 14.0 Å². The van der Waals surface area contributed by atoms with Crippen LogP contribution in [0.25, 0.3) is 0 Å². The van der Waals surface area contributed by atoms with Crippen molar-refractivity contribution in [3.63, 3.8) is 0 Å². The first kappa shape index (κ1) is 15.8. The predicted octanol–water partition coefficient (Wildman–Crippen LogP) is 2.84. The van der Waals surface area contributed by atoms with E-state index in [0.29, 0.717) is 5.69 Å². The molecule has 2 aliphatic rings. The number of pyridine rings is 1. The summed E-state index contributed by atoms with van der Waals surface area (Å²) in [4.78, 5) is 36.5. The van der Waals surface area contributed by atoms with E-state index < -0.39 is 6.04 Å². The van der Waals surface area contributed by atoms with Crippen molar-refractivity contribution >= 4 is 23.0 Å². The lowest BCUT2D eigenvalue weighted by molar-refractivity contribution is 0.0867. The van der Waals surface area contributed by atoms with Gasteiger partial charge in [0.15, 0.2) is 0 Å². The number of hydrogen-bond donors (Lipinski definition) is 0. The first-order valence-corrected chi connectivity index (χ1v) is 8.27. The van der Waals surface area contributed by atoms with Gasteiger partial charge in [-0.2, -0.15) is 0 Å². The second kappa shape index (κ2) is 6.29. The third kappa shape index (κ3) is 2.78. The quantitative estimate of drug-likeness (QED) is 0.845. The SMILES string of the molecule is O=C1C(=Nc2ccc(F)cc2)C(N2CCCC2)C(=O)c2ncccc21. The summed E-state index contributed by atoms with van der Waals surface area (Å²) in [6, 6.07) is 8.09. The second-order valence-corrected chi connectivity index (χ2v) is 6.21. The average Bonchev–Trinajstić information content (AvgIpc) is 3.15. The number of fused-ring (bicyclic) bond motifs is 1. The van der Waals surface area contributed by atoms with E-state index in [0.717, 1.165) is 25.9 Å². The molecule has 0 amide bonds. The van der Waals surface area contributed by atoms with Gasteiger partial charge in [0.2, 0.25) is 11.6 Å². The van der Waals surface area contributed by atoms with Gasteiger partial charge in [-0.3, -0.25) is 19.5 Å². The topological polar surface area (TPSA) is 62.6 Å². The molecule has 2 heterocycles. The van der Waals surface area contributed by atoms with Crippen LogP contribution in [0.1, 0.15) is 33.7 Å². The van der Waals surface area contributed by atoms with Gasteiger partial charge in [-0.25, -0.2) is 9.38 Å². The monoisotopic (exact) mass is 337 g/mol. The molecule has 126 valence electrons. The molecule has 1 aromatic heterocycles. The van der Waals surface area contributed by atoms with Crippen LogP contribution in [0.3, 0.4) is 0 Å². The number of nitrogens with zero attached hydrogens (tertiary/aromatic N) is 3. The number of aromatic nitrogens is 1. The number of aliphatic imine (C=N–C) groups is 1. The minimum Gasteiger partial charge on any atom is -0.290 e. The molecule has 2 aromatic rings. The highest BCUT2D eigenvalue weighted by atomic mass is 19.1. The van der Waals surface area contributed by atoms with Crippen LogP contribution >= 0.6 is 0 Å². The van der Waals surface area contributed by atoms with Crippen molar-refractivity contribution in [2.75, 3.05) is 13.1 Å². The van der Waals surface area contributed by atoms with Crippen molar-refractivity contribution in [2.45, 2.75) is 18.9 Å². The number of likely N-dealkylation sites (tertiary alicyclic amines) is 1. The van der Waals surface area contributed by atoms with Crippen LogP contribution in [0.2, 0.25) is 0 Å². The summed E-state index contributed by atoms with van der Waals surface area (Å²) in [6.07, 6.45) is 3.49. The summed E-state index contributed by atoms with van der Waals surface area (Å²) in [5.74, 6) is -0.859. The van der Waals surface area contributed by atoms with Crippen molar-refractivity contribution in [3.8, 4) is 0 Å². The molecule has 4 rings (SSSR count). The van der Waals surface area contributed by atoms with Gasteiger partial charge < -0.3 is 0 Å². The van der Waals surface area contributed by atoms with Crippen LogP contribution in [-0.2, 0) is 0 Å². The number of halogens is 1. The zero-order valence-corrected chi connectivity index (χ0v) is 13.5. The number of benzene rings is 1. The minimum atomic E-state index is -0.720. The number of carbonyl (C=O) groups is 2. The van der Waals surface area contributed by atoms with Crippen molar-refractivity contribution in [2.24, 2.45) is 4.99 Å². The number of hydrogen-bond acceptors (Lipinski definition) is 5. The van der Waals surface area contributed by atoms with E-state index in [1.165, 1.54) is 30.5 Å². The molecular weight excluding hydrogens is 321 g/mol. The first-order chi connectivity index (χ1) is 12.1. The van der Waals surface area contributed by atoms with E-state index in [-0.39, 0.29) is 34.4 Å². The Morgan fingerprint density at radius 3 is 2.52 bits per heavy atom. The summed E-state index contributed by atoms with van der Waals surface area (Å²) in [5.41, 5.74) is 1.14. The molecule has 0 spiro atoms. The van der Waals surface area contributed by atoms with E-state index >= 15 is 0 Å². The highest BCUT2D eigenvalue weighted by Crippen LogP contribution is 2.26. The molecule has 1 aliphatic heterocycles. The number of rotatable bonds is 2. The molecule has 0 bridgehead atoms. The Kier molecular flexibility index (Phi) is 3.97. The summed E-state index contributed by atoms with van der Waals surface area (Å²) < 4.78 is 13.1. The smallest absolute Gasteiger partial charge is 0.211 e. The molecule has 0 N–H and O–H groups in total. The van der Waals surface area contributed by atoms with Crippen LogP contribution in [0.15, 0.2) is 47.6 Å². The Hall–Kier alpha value is -2.73. The van der Waals surface area contributed by atoms with Crippen molar-refractivity contribution < 1.29 is 14.0 Å². The highest BCUT2D eigenvalue weighted by molar-refractivity contribution is 6.55. The van der Waals surface area contributed by atoms with E-state index in [1.54, 1.807) is 12.1 Å². The molecule has 1 fully saturated rings. The minimum absolute atomic E-state index is 0.194. The Labute approximate surface area is 144 Å². The lowest BCUT2D eigenvalue weighted by Crippen LogP contribution is -2.52. The van der Waals surface area contributed by atoms with Crippen molar-refractivity contribution in [3.05, 3.63) is 59.7 Å². The van der Waals surface area contributed by atoms with Crippen LogP contribution in [0.5, 0.6) is 0 Å². The highest BCUT2D eigenvalue weighted by Gasteiger charge is 2.43. The fraction of sp³-hybridized carbons (Fsp3) is 0.263. The molecule has 1 saturated heterocycles. The zero-order valence-electron chi connectivity index (χ0n) is 13.5. The maximum atomic E-state index is 13.1. The van der Waals surface area contributed by atoms with Gasteiger partial charge in [0.05, 0.1) is 11.3 Å². The van der Waals surface area contributed by atoms with Crippen molar-refractivity contribution in [1.82, 2.24) is 9.88 Å². The molecule has 1 atom stereocenters. The van der Waals surface area contributed by atoms with Gasteiger partial charge in [0.25, 0.3) is 0 Å². The standard InChI is InChI=1S/C19H16FN3O2/c20-12-5-7-13(8-6-12)22-16-17(23-10-1-2-11-23)19(25)15-14(18(16)24)4-3-9-21-15/h3-9,17H,1-2,10-11H2. The summed E-state index contributed by atoms with van der Waals surface area (Å²) in [5, 5.41) is 0. The fourth-order valence-electron chi connectivity index (χ4n) is 3.41. The average molecular weight is 337 g/mol. The molecule has 0 radical (unpaired) electrons. The van der Waals surface area contributed by atoms with Gasteiger partial charge in [-0.15, -0.1) is 0 Å². The van der Waals surface area contributed by atoms with Crippen LogP contribution in [-0.4, -0.2) is 46.3 Å². The molecule has 1 aliphatic carbocycles. The molecular formula is C19H16FN3O2. The van der Waals surface area contributed by atoms with Crippen LogP contribution in [0, 0.1) is 5.82 Å². The molecule has 5 nitrogen and oxygen atoms in total. The lowest BCUT2D eigenvalue weighted by atomic mass is 9.87. The van der Waals surface area contributed by atoms with Gasteiger partial charge in [-0.1, -0.05) is 0 Å². The number of Topliss-reactive ketones (excluding diaryl/α,β-unsaturated/α-hetero) is 2. The molecule has 25 heavy (non-hydrogen) atoms. The normalized spacial score (nSPS) is 22.4. The Morgan fingerprint density at radius 2 is 1.80 bits per heavy atom. The fourth-order valence-corrected chi connectivity index (χ4v) is 3.41. The van der Waals surface area contributed by atoms with Gasteiger partial charge in [-0.05, 0) is 62.3 Å². The molecule has 0 saturated carbocycles. The number of ketones is 2. The second-order valence-electron chi connectivity index (χ2n) is 6.21. The maximum absolute atomic E-state index is 13.1. The van der Waals surface area contributed by atoms with Crippen LogP contribution < -0.4 is 0 Å². The molecule has 6 heteroatoms. The Bertz CT molecular complexity index is 870. The van der Waals surface area contributed by atoms with Gasteiger partial charge >= 0.3 is 0 Å². The molecule has 1 aromatic carbocycles.